The van der Waals surface area contributed by atoms with Crippen molar-refractivity contribution in [3.05, 3.63) is 0 Å². The molecular weight excluding hydrogens is 290 g/mol. The summed E-state index contributed by atoms with van der Waals surface area (Å²) in [6.07, 6.45) is 1.87. The van der Waals surface area contributed by atoms with Crippen LogP contribution < -0.4 is 5.32 Å². The van der Waals surface area contributed by atoms with E-state index in [0.717, 1.165) is 0 Å². The molecular formula is C5H8NO2W-. The number of hydrogen-bond donors (Lipinski definition) is 1. The number of amides is 1. The van der Waals surface area contributed by atoms with Crippen LogP contribution >= 0.6 is 0 Å². The molecule has 0 spiro atoms. The number of Topliss-reactive ketones (excluding diaryl/α,β-unsaturated/α-hetero) is 1. The van der Waals surface area contributed by atoms with Crippen molar-refractivity contribution >= 4 is 12.2 Å². The van der Waals surface area contributed by atoms with E-state index >= 15 is 0 Å². The van der Waals surface area contributed by atoms with Crippen LogP contribution in [0.25, 0.3) is 0 Å². The quantitative estimate of drug-likeness (QED) is 0.437. The molecule has 0 aromatic heterocycles. The molecule has 3 nitrogen and oxygen atoms in total. The first-order valence-corrected chi connectivity index (χ1v) is 2.37. The van der Waals surface area contributed by atoms with Crippen LogP contribution in [0.1, 0.15) is 13.3 Å². The number of hydrogen-bond acceptors (Lipinski definition) is 2. The molecule has 0 saturated carbocycles. The molecule has 0 atom stereocenters. The Balaban J connectivity index is 0. The summed E-state index contributed by atoms with van der Waals surface area (Å²) in [6.45, 7) is 1.88. The molecule has 9 heavy (non-hydrogen) atoms. The Hall–Kier alpha value is -0.172. The largest absolute Gasteiger partial charge is 0.529 e. The van der Waals surface area contributed by atoms with Gasteiger partial charge in [0.05, 0.1) is 0 Å². The van der Waals surface area contributed by atoms with E-state index in [4.69, 9.17) is 0 Å². The summed E-state index contributed by atoms with van der Waals surface area (Å²) >= 11 is 0. The maximum absolute atomic E-state index is 10.1. The van der Waals surface area contributed by atoms with Gasteiger partial charge in [0.25, 0.3) is 0 Å². The van der Waals surface area contributed by atoms with Crippen molar-refractivity contribution in [1.29, 1.82) is 0 Å². The summed E-state index contributed by atoms with van der Waals surface area (Å²) in [4.78, 5) is 19.6. The van der Waals surface area contributed by atoms with Crippen molar-refractivity contribution in [1.82, 2.24) is 5.32 Å². The zero-order chi connectivity index (χ0) is 6.41. The summed E-state index contributed by atoms with van der Waals surface area (Å²) in [6, 6.07) is 0. The standard InChI is InChI=1S/C5H8NO2.W/c1-5(8)2-3-6-4-7;/h2-3H2,1H3,(H,6,7);/q-1;. The van der Waals surface area contributed by atoms with Gasteiger partial charge in [0.15, 0.2) is 0 Å². The van der Waals surface area contributed by atoms with Crippen LogP contribution in [-0.4, -0.2) is 18.7 Å². The van der Waals surface area contributed by atoms with Crippen LogP contribution in [0.5, 0.6) is 0 Å². The third kappa shape index (κ3) is 11.4. The summed E-state index contributed by atoms with van der Waals surface area (Å²) in [7, 11) is 0. The Kier molecular flexibility index (Phi) is 10.1. The van der Waals surface area contributed by atoms with Crippen LogP contribution in [0.3, 0.4) is 0 Å². The molecule has 0 radical (unpaired) electrons. The Labute approximate surface area is 68.5 Å². The van der Waals surface area contributed by atoms with Crippen LogP contribution in [0.4, 0.5) is 0 Å². The van der Waals surface area contributed by atoms with E-state index in [1.165, 1.54) is 13.3 Å². The van der Waals surface area contributed by atoms with Crippen LogP contribution in [0, 0.1) is 0 Å². The summed E-state index contributed by atoms with van der Waals surface area (Å²) in [5.74, 6) is 0.0766. The normalized spacial score (nSPS) is 7.22. The fourth-order valence-corrected chi connectivity index (χ4v) is 0.290. The molecule has 0 saturated heterocycles. The van der Waals surface area contributed by atoms with E-state index < -0.39 is 0 Å². The molecule has 52 valence electrons. The smallest absolute Gasteiger partial charge is 0.131 e. The first-order valence-electron chi connectivity index (χ1n) is 2.37. The van der Waals surface area contributed by atoms with Gasteiger partial charge in [-0.25, -0.2) is 0 Å². The van der Waals surface area contributed by atoms with Gasteiger partial charge in [0.1, 0.15) is 5.78 Å². The topological polar surface area (TPSA) is 46.2 Å². The number of carbonyl (C=O) groups excluding carboxylic acids is 2. The molecule has 1 N–H and O–H groups in total. The fourth-order valence-electron chi connectivity index (χ4n) is 0.290. The minimum atomic E-state index is 0. The SMILES string of the molecule is CC(=O)CCN[C-]=O.[W]. The zero-order valence-electron chi connectivity index (χ0n) is 5.14. The van der Waals surface area contributed by atoms with Gasteiger partial charge in [-0.2, -0.15) is 6.41 Å². The summed E-state index contributed by atoms with van der Waals surface area (Å²) in [5.41, 5.74) is 0. The monoisotopic (exact) mass is 298 g/mol. The molecule has 0 aromatic rings. The maximum atomic E-state index is 10.1. The summed E-state index contributed by atoms with van der Waals surface area (Å²) in [5, 5.41) is 2.25. The van der Waals surface area contributed by atoms with Crippen molar-refractivity contribution in [2.75, 3.05) is 6.54 Å². The van der Waals surface area contributed by atoms with Crippen LogP contribution in [-0.2, 0) is 30.7 Å². The third-order valence-corrected chi connectivity index (χ3v) is 0.674. The van der Waals surface area contributed by atoms with Gasteiger partial charge in [0.2, 0.25) is 0 Å². The van der Waals surface area contributed by atoms with E-state index in [9.17, 15) is 9.59 Å². The number of nitrogens with one attached hydrogen (secondary N) is 1. The molecule has 0 bridgehead atoms. The molecule has 0 heterocycles. The summed E-state index contributed by atoms with van der Waals surface area (Å²) < 4.78 is 0. The van der Waals surface area contributed by atoms with Gasteiger partial charge in [0, 0.05) is 27.5 Å². The van der Waals surface area contributed by atoms with Crippen LogP contribution in [0.15, 0.2) is 0 Å². The Morgan fingerprint density at radius 3 is 2.56 bits per heavy atom. The maximum Gasteiger partial charge on any atom is 0.131 e. The van der Waals surface area contributed by atoms with Gasteiger partial charge in [-0.15, -0.1) is 0 Å². The van der Waals surface area contributed by atoms with E-state index in [1.54, 1.807) is 0 Å². The van der Waals surface area contributed by atoms with Crippen LogP contribution in [0.2, 0.25) is 0 Å². The Morgan fingerprint density at radius 1 is 1.67 bits per heavy atom. The van der Waals surface area contributed by atoms with Gasteiger partial charge in [-0.1, -0.05) is 0 Å². The molecule has 4 heteroatoms. The molecule has 0 aliphatic rings. The third-order valence-electron chi connectivity index (χ3n) is 0.674. The number of rotatable bonds is 4. The second-order valence-corrected chi connectivity index (χ2v) is 1.48. The van der Waals surface area contributed by atoms with Crippen molar-refractivity contribution in [2.24, 2.45) is 0 Å². The second kappa shape index (κ2) is 7.83. The predicted octanol–water partition coefficient (Wildman–Crippen LogP) is -0.380. The number of ketones is 1. The molecule has 0 aromatic carbocycles. The Bertz CT molecular complexity index is 95.0. The molecule has 0 rings (SSSR count). The average molecular weight is 298 g/mol. The van der Waals surface area contributed by atoms with Crippen molar-refractivity contribution in [3.8, 4) is 0 Å². The predicted molar refractivity (Wildman–Crippen MR) is 29.0 cm³/mol. The van der Waals surface area contributed by atoms with Crippen molar-refractivity contribution in [2.45, 2.75) is 13.3 Å². The van der Waals surface area contributed by atoms with E-state index in [-0.39, 0.29) is 26.8 Å². The van der Waals surface area contributed by atoms with Crippen molar-refractivity contribution < 1.29 is 30.7 Å². The zero-order valence-corrected chi connectivity index (χ0v) is 8.07. The van der Waals surface area contributed by atoms with E-state index in [2.05, 4.69) is 5.32 Å². The minimum Gasteiger partial charge on any atom is -0.529 e. The van der Waals surface area contributed by atoms with Gasteiger partial charge < -0.3 is 10.1 Å². The van der Waals surface area contributed by atoms with Crippen molar-refractivity contribution in [3.63, 3.8) is 0 Å². The molecule has 0 fully saturated rings. The molecule has 0 aliphatic heterocycles. The van der Waals surface area contributed by atoms with Gasteiger partial charge in [-0.3, -0.25) is 4.79 Å². The Morgan fingerprint density at radius 2 is 2.22 bits per heavy atom. The first-order chi connectivity index (χ1) is 3.77. The van der Waals surface area contributed by atoms with Gasteiger partial charge in [-0.05, 0) is 13.5 Å². The van der Waals surface area contributed by atoms with E-state index in [1.807, 2.05) is 0 Å². The fraction of sp³-hybridized carbons (Fsp3) is 0.600. The molecule has 1 amide bonds. The van der Waals surface area contributed by atoms with Gasteiger partial charge >= 0.3 is 0 Å². The molecule has 0 aliphatic carbocycles. The second-order valence-electron chi connectivity index (χ2n) is 1.48. The number of carbonyl (C=O) groups is 1. The first kappa shape index (κ1) is 11.6. The van der Waals surface area contributed by atoms with E-state index in [0.29, 0.717) is 13.0 Å². The average Bonchev–Trinajstić information content (AvgIpc) is 1.66. The molecule has 0 unspecified atom stereocenters. The minimum absolute atomic E-state index is 0.